The lowest BCUT2D eigenvalue weighted by atomic mass is 9.99. The molecule has 16 nitrogen and oxygen atoms in total. The molecule has 4 aliphatic heterocycles. The van der Waals surface area contributed by atoms with Crippen molar-refractivity contribution in [2.24, 2.45) is 5.73 Å². The van der Waals surface area contributed by atoms with E-state index >= 15 is 0 Å². The Morgan fingerprint density at radius 3 is 1.46 bits per heavy atom. The Bertz CT molecular complexity index is 2800. The number of likely N-dealkylation sites (N-methyl/N-ethyl adjacent to an activating group) is 2. The number of carbonyl (C=O) groups excluding carboxylic acids is 2. The van der Waals surface area contributed by atoms with Gasteiger partial charge in [0.2, 0.25) is 10.0 Å². The van der Waals surface area contributed by atoms with Crippen LogP contribution < -0.4 is 39.2 Å². The Hall–Kier alpha value is -5.89. The maximum atomic E-state index is 13.9. The number of sulfonamides is 1. The molecule has 0 aliphatic carbocycles. The molecular weight excluding hydrogens is 977 g/mol. The van der Waals surface area contributed by atoms with E-state index in [9.17, 15) is 18.0 Å². The Labute approximate surface area is 441 Å². The van der Waals surface area contributed by atoms with Crippen molar-refractivity contribution in [3.05, 3.63) is 124 Å². The zero-order valence-electron chi connectivity index (χ0n) is 43.9. The normalized spacial score (nSPS) is 16.9. The van der Waals surface area contributed by atoms with Crippen LogP contribution in [0.4, 0.5) is 11.4 Å². The van der Waals surface area contributed by atoms with Gasteiger partial charge in [-0.3, -0.25) is 9.59 Å². The van der Waals surface area contributed by atoms with E-state index in [1.807, 2.05) is 70.5 Å². The molecule has 4 aliphatic rings. The molecule has 5 aromatic rings. The molecule has 0 saturated carbocycles. The van der Waals surface area contributed by atoms with Crippen molar-refractivity contribution in [1.82, 2.24) is 24.3 Å². The Morgan fingerprint density at radius 2 is 1.05 bits per heavy atom. The molecule has 18 heteroatoms. The third kappa shape index (κ3) is 12.0. The summed E-state index contributed by atoms with van der Waals surface area (Å²) in [5.41, 5.74) is 13.9. The lowest BCUT2D eigenvalue weighted by Gasteiger charge is -2.36. The largest absolute Gasteiger partial charge is 0.493 e. The molecule has 0 unspecified atom stereocenters. The summed E-state index contributed by atoms with van der Waals surface area (Å²) < 4.78 is 50.3. The third-order valence-corrected chi connectivity index (χ3v) is 17.8. The molecule has 0 radical (unpaired) electrons. The predicted octanol–water partition coefficient (Wildman–Crippen LogP) is 7.64. The minimum Gasteiger partial charge on any atom is -0.493 e. The number of rotatable bonds is 21. The predicted molar refractivity (Wildman–Crippen MR) is 293 cm³/mol. The molecule has 0 spiro atoms. The Morgan fingerprint density at radius 1 is 0.595 bits per heavy atom. The van der Waals surface area contributed by atoms with Gasteiger partial charge in [-0.2, -0.15) is 0 Å². The lowest BCUT2D eigenvalue weighted by molar-refractivity contribution is 0.0682. The fraction of sp³-hybridized carbons (Fsp3) is 0.464. The van der Waals surface area contributed by atoms with Gasteiger partial charge in [-0.25, -0.2) is 13.1 Å². The zero-order chi connectivity index (χ0) is 52.4. The molecule has 9 rings (SSSR count). The minimum atomic E-state index is -3.55. The fourth-order valence-corrected chi connectivity index (χ4v) is 12.9. The second-order valence-electron chi connectivity index (χ2n) is 19.0. The molecule has 1 aromatic heterocycles. The van der Waals surface area contributed by atoms with Crippen LogP contribution in [0.1, 0.15) is 94.6 Å². The van der Waals surface area contributed by atoms with Crippen LogP contribution in [-0.4, -0.2) is 147 Å². The van der Waals surface area contributed by atoms with Crippen LogP contribution in [0.5, 0.6) is 23.0 Å². The number of amides is 2. The van der Waals surface area contributed by atoms with Crippen molar-refractivity contribution in [3.63, 3.8) is 0 Å². The van der Waals surface area contributed by atoms with E-state index in [2.05, 4.69) is 50.3 Å². The number of carbonyl (C=O) groups is 2. The van der Waals surface area contributed by atoms with E-state index in [0.29, 0.717) is 59.7 Å². The summed E-state index contributed by atoms with van der Waals surface area (Å²) in [5.74, 6) is 2.65. The van der Waals surface area contributed by atoms with Crippen LogP contribution in [0.25, 0.3) is 0 Å². The summed E-state index contributed by atoms with van der Waals surface area (Å²) >= 11 is 1.19. The number of fused-ring (bicyclic) bond motifs is 2. The van der Waals surface area contributed by atoms with Gasteiger partial charge in [0.25, 0.3) is 11.8 Å². The van der Waals surface area contributed by atoms with Gasteiger partial charge in [0.05, 0.1) is 40.5 Å². The summed E-state index contributed by atoms with van der Waals surface area (Å²) in [6, 6.07) is 26.8. The van der Waals surface area contributed by atoms with Crippen molar-refractivity contribution in [3.8, 4) is 23.0 Å². The minimum absolute atomic E-state index is 0.00649. The Kier molecular flexibility index (Phi) is 18.4. The van der Waals surface area contributed by atoms with E-state index in [0.717, 1.165) is 117 Å². The molecule has 2 fully saturated rings. The molecule has 4 aromatic carbocycles. The van der Waals surface area contributed by atoms with E-state index in [4.69, 9.17) is 24.7 Å². The first-order chi connectivity index (χ1) is 36.0. The molecule has 398 valence electrons. The van der Waals surface area contributed by atoms with Gasteiger partial charge in [-0.1, -0.05) is 44.2 Å². The molecule has 5 heterocycles. The van der Waals surface area contributed by atoms with E-state index in [1.165, 1.54) is 17.0 Å². The van der Waals surface area contributed by atoms with E-state index in [-0.39, 0.29) is 30.4 Å². The zero-order valence-corrected chi connectivity index (χ0v) is 45.5. The average Bonchev–Trinajstić information content (AvgIpc) is 4.20. The second-order valence-corrected chi connectivity index (χ2v) is 21.9. The van der Waals surface area contributed by atoms with Crippen LogP contribution in [0.2, 0.25) is 0 Å². The summed E-state index contributed by atoms with van der Waals surface area (Å²) in [7, 11) is 2.90. The standard InChI is InChI=1S/C30H38N4O5S2.C26H36N4O3/c1-4-32-15-17-33(18-16-32)26-9-5-8-23-24(26)21-34(30(23)35)25(22-12-13-27(38-2)28(20-22)39-3)10-6-14-31-41(36,37)29-11-7-19-40-29;1-4-28-13-15-29(16-14-28)23-8-5-7-20-21(23)18-30(26(20)31)22(9-6-12-27)19-10-11-24(32-2)25(17-19)33-3/h5,7-9,11-13,19-20,25,31H,4,6,10,14-18,21H2,1-3H3;5,7-8,10-11,17,22H,4,6,9,12-16,18,27H2,1-3H3/t25-;22-/m11/s1. The van der Waals surface area contributed by atoms with Gasteiger partial charge in [-0.05, 0) is 116 Å². The van der Waals surface area contributed by atoms with Gasteiger partial charge < -0.3 is 54.1 Å². The van der Waals surface area contributed by atoms with Gasteiger partial charge in [0.15, 0.2) is 23.0 Å². The molecule has 2 saturated heterocycles. The number of anilines is 2. The summed E-state index contributed by atoms with van der Waals surface area (Å²) in [6.45, 7) is 16.5. The number of hydrogen-bond acceptors (Lipinski definition) is 14. The average molecular weight is 1050 g/mol. The monoisotopic (exact) mass is 1050 g/mol. The summed E-state index contributed by atoms with van der Waals surface area (Å²) in [5, 5.41) is 1.75. The number of piperazine rings is 2. The number of thiophene rings is 1. The Balaban J connectivity index is 0.000000202. The van der Waals surface area contributed by atoms with Gasteiger partial charge in [0, 0.05) is 106 Å². The van der Waals surface area contributed by atoms with Crippen LogP contribution in [0, 0.1) is 0 Å². The summed E-state index contributed by atoms with van der Waals surface area (Å²) in [4.78, 5) is 41.2. The second kappa shape index (κ2) is 25.1. The molecule has 2 amide bonds. The highest BCUT2D eigenvalue weighted by molar-refractivity contribution is 7.91. The van der Waals surface area contributed by atoms with Crippen molar-refractivity contribution in [1.29, 1.82) is 0 Å². The molecule has 74 heavy (non-hydrogen) atoms. The van der Waals surface area contributed by atoms with Gasteiger partial charge in [0.1, 0.15) is 4.21 Å². The number of nitrogens with one attached hydrogen (secondary N) is 1. The van der Waals surface area contributed by atoms with Gasteiger partial charge >= 0.3 is 0 Å². The van der Waals surface area contributed by atoms with Crippen molar-refractivity contribution in [2.75, 3.05) is 117 Å². The SMILES string of the molecule is CCN1CCN(c2cccc3c2CN([C@H](CCCN)c2ccc(OC)c(OC)c2)C3=O)CC1.CCN1CCN(c2cccc3c2CN([C@H](CCCNS(=O)(=O)c2cccs2)c2ccc(OC)c(OC)c2)C3=O)CC1. The lowest BCUT2D eigenvalue weighted by Crippen LogP contribution is -2.46. The van der Waals surface area contributed by atoms with Crippen LogP contribution in [0.3, 0.4) is 0 Å². The highest BCUT2D eigenvalue weighted by Crippen LogP contribution is 2.43. The molecule has 2 atom stereocenters. The fourth-order valence-electron chi connectivity index (χ4n) is 10.8. The first kappa shape index (κ1) is 54.4. The molecular formula is C56H74N8O8S2. The first-order valence-corrected chi connectivity index (χ1v) is 28.3. The number of nitrogens with zero attached hydrogens (tertiary/aromatic N) is 6. The number of benzene rings is 4. The third-order valence-electron chi connectivity index (χ3n) is 15.0. The molecule has 3 N–H and O–H groups in total. The van der Waals surface area contributed by atoms with Crippen LogP contribution in [-0.2, 0) is 23.1 Å². The van der Waals surface area contributed by atoms with Crippen LogP contribution >= 0.6 is 11.3 Å². The highest BCUT2D eigenvalue weighted by Gasteiger charge is 2.38. The van der Waals surface area contributed by atoms with E-state index < -0.39 is 10.0 Å². The highest BCUT2D eigenvalue weighted by atomic mass is 32.2. The maximum absolute atomic E-state index is 13.9. The van der Waals surface area contributed by atoms with E-state index in [1.54, 1.807) is 46.0 Å². The molecule has 0 bridgehead atoms. The number of ether oxygens (including phenoxy) is 4. The first-order valence-electron chi connectivity index (χ1n) is 25.9. The van der Waals surface area contributed by atoms with Crippen molar-refractivity contribution < 1.29 is 37.0 Å². The number of nitrogens with two attached hydrogens (primary N) is 1. The quantitative estimate of drug-likeness (QED) is 0.0691. The maximum Gasteiger partial charge on any atom is 0.255 e. The smallest absolute Gasteiger partial charge is 0.255 e. The number of hydrogen-bond donors (Lipinski definition) is 2. The van der Waals surface area contributed by atoms with Crippen molar-refractivity contribution >= 4 is 44.5 Å². The topological polar surface area (TPSA) is 163 Å². The summed E-state index contributed by atoms with van der Waals surface area (Å²) in [6.07, 6.45) is 2.77. The van der Waals surface area contributed by atoms with Gasteiger partial charge in [-0.15, -0.1) is 11.3 Å². The van der Waals surface area contributed by atoms with Crippen LogP contribution in [0.15, 0.2) is 94.5 Å². The number of methoxy groups -OCH3 is 4. The van der Waals surface area contributed by atoms with Crippen molar-refractivity contribution in [2.45, 2.75) is 68.9 Å².